The van der Waals surface area contributed by atoms with Gasteiger partial charge in [-0.2, -0.15) is 10.2 Å². The van der Waals surface area contributed by atoms with Gasteiger partial charge in [0.25, 0.3) is 5.56 Å². The third kappa shape index (κ3) is 2.44. The van der Waals surface area contributed by atoms with E-state index in [1.54, 1.807) is 24.0 Å². The van der Waals surface area contributed by atoms with Crippen molar-refractivity contribution >= 4 is 32.6 Å². The molecular formula is C15H12FN9OS. The Labute approximate surface area is 153 Å². The lowest BCUT2D eigenvalue weighted by Gasteiger charge is -2.03. The molecule has 5 aromatic heterocycles. The number of aromatic amines is 2. The Morgan fingerprint density at radius 1 is 1.30 bits per heavy atom. The van der Waals surface area contributed by atoms with Gasteiger partial charge in [0.15, 0.2) is 11.5 Å². The molecule has 5 heterocycles. The minimum absolute atomic E-state index is 0.223. The van der Waals surface area contributed by atoms with Gasteiger partial charge in [0.05, 0.1) is 23.6 Å². The molecule has 0 amide bonds. The van der Waals surface area contributed by atoms with Gasteiger partial charge in [-0.25, -0.2) is 14.1 Å². The molecule has 5 rings (SSSR count). The topological polar surface area (TPSA) is 123 Å². The average molecular weight is 385 g/mol. The Hall–Kier alpha value is -3.41. The highest BCUT2D eigenvalue weighted by Crippen LogP contribution is 2.31. The van der Waals surface area contributed by atoms with Crippen LogP contribution in [0.1, 0.15) is 16.4 Å². The number of rotatable bonds is 4. The minimum Gasteiger partial charge on any atom is -0.323 e. The molecule has 0 aromatic carbocycles. The first-order valence-electron chi connectivity index (χ1n) is 7.99. The second-order valence-corrected chi connectivity index (χ2v) is 7.09. The second-order valence-electron chi connectivity index (χ2n) is 6.01. The fraction of sp³-hybridized carbons (Fsp3) is 0.200. The Kier molecular flexibility index (Phi) is 3.40. The van der Waals surface area contributed by atoms with Crippen LogP contribution in [0.5, 0.6) is 0 Å². The molecule has 0 aliphatic rings. The highest BCUT2D eigenvalue weighted by atomic mass is 32.1. The Morgan fingerprint density at radius 3 is 2.93 bits per heavy atom. The zero-order valence-corrected chi connectivity index (χ0v) is 14.8. The zero-order valence-electron chi connectivity index (χ0n) is 14.0. The first-order valence-corrected chi connectivity index (χ1v) is 8.81. The molecule has 136 valence electrons. The van der Waals surface area contributed by atoms with Crippen molar-refractivity contribution in [2.24, 2.45) is 7.05 Å². The predicted molar refractivity (Wildman–Crippen MR) is 95.0 cm³/mol. The highest BCUT2D eigenvalue weighted by molar-refractivity contribution is 7.19. The van der Waals surface area contributed by atoms with Gasteiger partial charge in [0, 0.05) is 25.1 Å². The van der Waals surface area contributed by atoms with Gasteiger partial charge in [0.1, 0.15) is 21.9 Å². The summed E-state index contributed by atoms with van der Waals surface area (Å²) >= 11 is 1.41. The summed E-state index contributed by atoms with van der Waals surface area (Å²) in [7, 11) is 1.78. The van der Waals surface area contributed by atoms with Crippen LogP contribution in [-0.4, -0.2) is 44.9 Å². The largest absolute Gasteiger partial charge is 0.323 e. The van der Waals surface area contributed by atoms with Crippen LogP contribution in [0.3, 0.4) is 0 Å². The van der Waals surface area contributed by atoms with Crippen LogP contribution >= 0.6 is 11.3 Å². The lowest BCUT2D eigenvalue weighted by molar-refractivity contribution is 0.614. The van der Waals surface area contributed by atoms with Crippen LogP contribution in [0.15, 0.2) is 23.4 Å². The van der Waals surface area contributed by atoms with Crippen LogP contribution in [0.25, 0.3) is 21.3 Å². The second kappa shape index (κ2) is 5.81. The van der Waals surface area contributed by atoms with Crippen molar-refractivity contribution in [1.82, 2.24) is 44.9 Å². The van der Waals surface area contributed by atoms with Crippen LogP contribution in [-0.2, 0) is 20.0 Å². The summed E-state index contributed by atoms with van der Waals surface area (Å²) in [5.41, 5.74) is 1.87. The molecule has 0 saturated heterocycles. The van der Waals surface area contributed by atoms with E-state index in [0.717, 1.165) is 15.1 Å². The molecule has 10 nitrogen and oxygen atoms in total. The summed E-state index contributed by atoms with van der Waals surface area (Å²) in [5.74, 6) is -0.392. The normalized spacial score (nSPS) is 11.8. The molecule has 12 heteroatoms. The van der Waals surface area contributed by atoms with Crippen molar-refractivity contribution in [3.05, 3.63) is 51.2 Å². The summed E-state index contributed by atoms with van der Waals surface area (Å²) in [6.07, 6.45) is 4.76. The monoisotopic (exact) mass is 385 g/mol. The zero-order chi connectivity index (χ0) is 18.5. The van der Waals surface area contributed by atoms with E-state index in [1.807, 2.05) is 0 Å². The number of nitrogens with zero attached hydrogens (tertiary/aromatic N) is 7. The lowest BCUT2D eigenvalue weighted by Crippen LogP contribution is -2.24. The predicted octanol–water partition coefficient (Wildman–Crippen LogP) is 0.964. The number of aryl methyl sites for hydroxylation is 1. The summed E-state index contributed by atoms with van der Waals surface area (Å²) < 4.78 is 17.5. The third-order valence-corrected chi connectivity index (χ3v) is 5.41. The van der Waals surface area contributed by atoms with E-state index < -0.39 is 5.82 Å². The summed E-state index contributed by atoms with van der Waals surface area (Å²) in [5, 5.41) is 22.2. The maximum Gasteiger partial charge on any atom is 0.291 e. The van der Waals surface area contributed by atoms with Crippen molar-refractivity contribution in [3.8, 4) is 0 Å². The smallest absolute Gasteiger partial charge is 0.291 e. The highest BCUT2D eigenvalue weighted by Gasteiger charge is 2.19. The first-order chi connectivity index (χ1) is 13.1. The van der Waals surface area contributed by atoms with E-state index in [-0.39, 0.29) is 18.5 Å². The maximum absolute atomic E-state index is 13.6. The molecule has 27 heavy (non-hydrogen) atoms. The molecule has 0 unspecified atom stereocenters. The molecule has 0 aliphatic heterocycles. The average Bonchev–Trinajstić information content (AvgIpc) is 3.41. The number of hydrogen-bond donors (Lipinski definition) is 2. The number of fused-ring (bicyclic) bond motifs is 3. The van der Waals surface area contributed by atoms with Crippen molar-refractivity contribution < 1.29 is 4.39 Å². The van der Waals surface area contributed by atoms with Gasteiger partial charge in [-0.3, -0.25) is 15.0 Å². The van der Waals surface area contributed by atoms with E-state index in [4.69, 9.17) is 0 Å². The van der Waals surface area contributed by atoms with Gasteiger partial charge in [0.2, 0.25) is 0 Å². The lowest BCUT2D eigenvalue weighted by atomic mass is 10.3. The maximum atomic E-state index is 13.6. The van der Waals surface area contributed by atoms with Crippen LogP contribution in [0.4, 0.5) is 4.39 Å². The van der Waals surface area contributed by atoms with Gasteiger partial charge < -0.3 is 4.57 Å². The molecule has 0 fully saturated rings. The number of nitrogens with one attached hydrogen (secondary N) is 2. The Bertz CT molecular complexity index is 1330. The van der Waals surface area contributed by atoms with E-state index in [0.29, 0.717) is 22.6 Å². The third-order valence-electron chi connectivity index (χ3n) is 4.33. The number of halogens is 1. The van der Waals surface area contributed by atoms with Gasteiger partial charge in [-0.05, 0) is 0 Å². The minimum atomic E-state index is -0.392. The van der Waals surface area contributed by atoms with Crippen molar-refractivity contribution in [3.63, 3.8) is 0 Å². The van der Waals surface area contributed by atoms with Crippen LogP contribution in [0.2, 0.25) is 0 Å². The number of aromatic nitrogens is 9. The van der Waals surface area contributed by atoms with Crippen molar-refractivity contribution in [1.29, 1.82) is 0 Å². The standard InChI is InChI=1S/C15H12FN9OS/c1-24-12-8(4-19-25(15(12)26)6-7-3-18-23-21-7)13-14(24)20-11(27-13)2-10-9(16)5-17-22-10/h3-5H,2,6H2,1H3,(H,17,22)(H,18,21,23). The Balaban J connectivity index is 1.61. The molecule has 2 N–H and O–H groups in total. The van der Waals surface area contributed by atoms with Crippen LogP contribution < -0.4 is 5.56 Å². The van der Waals surface area contributed by atoms with E-state index in [2.05, 4.69) is 35.7 Å². The summed E-state index contributed by atoms with van der Waals surface area (Å²) in [4.78, 5) is 17.4. The number of thiazole rings is 1. The van der Waals surface area contributed by atoms with Crippen molar-refractivity contribution in [2.75, 3.05) is 0 Å². The Morgan fingerprint density at radius 2 is 2.19 bits per heavy atom. The van der Waals surface area contributed by atoms with Crippen LogP contribution in [0, 0.1) is 5.82 Å². The number of hydrogen-bond acceptors (Lipinski definition) is 7. The fourth-order valence-electron chi connectivity index (χ4n) is 3.05. The molecule has 0 radical (unpaired) electrons. The summed E-state index contributed by atoms with van der Waals surface area (Å²) in [6, 6.07) is 0. The first kappa shape index (κ1) is 15.8. The van der Waals surface area contributed by atoms with Gasteiger partial charge >= 0.3 is 0 Å². The van der Waals surface area contributed by atoms with Crippen molar-refractivity contribution in [2.45, 2.75) is 13.0 Å². The van der Waals surface area contributed by atoms with Gasteiger partial charge in [-0.15, -0.1) is 16.4 Å². The molecule has 0 bridgehead atoms. The van der Waals surface area contributed by atoms with E-state index in [9.17, 15) is 9.18 Å². The molecule has 0 spiro atoms. The number of H-pyrrole nitrogens is 2. The van der Waals surface area contributed by atoms with E-state index in [1.165, 1.54) is 22.2 Å². The fourth-order valence-corrected chi connectivity index (χ4v) is 4.16. The van der Waals surface area contributed by atoms with Gasteiger partial charge in [-0.1, -0.05) is 5.21 Å². The molecule has 0 aliphatic carbocycles. The van der Waals surface area contributed by atoms with E-state index >= 15 is 0 Å². The molecular weight excluding hydrogens is 373 g/mol. The summed E-state index contributed by atoms with van der Waals surface area (Å²) in [6.45, 7) is 0.223. The quantitative estimate of drug-likeness (QED) is 0.475. The SMILES string of the molecule is Cn1c2nc(Cc3n[nH]cc3F)sc2c2cnn(Cc3c[nH]nn3)c(=O)c21. The molecule has 5 aromatic rings. The molecule has 0 saturated carbocycles. The molecule has 0 atom stereocenters.